The van der Waals surface area contributed by atoms with Gasteiger partial charge in [0.15, 0.2) is 0 Å². The number of hydrogen-bond acceptors (Lipinski definition) is 6. The molecule has 0 heterocycles. The zero-order valence-electron chi connectivity index (χ0n) is 21.7. The van der Waals surface area contributed by atoms with Crippen LogP contribution in [0.2, 0.25) is 5.02 Å². The summed E-state index contributed by atoms with van der Waals surface area (Å²) in [5.41, 5.74) is 5.40. The minimum atomic E-state index is -3.91. The van der Waals surface area contributed by atoms with E-state index >= 15 is 0 Å². The van der Waals surface area contributed by atoms with E-state index in [1.165, 1.54) is 17.4 Å². The fraction of sp³-hybridized carbons (Fsp3) is 0.100. The summed E-state index contributed by atoms with van der Waals surface area (Å²) >= 11 is 6.23. The van der Waals surface area contributed by atoms with Gasteiger partial charge in [0.1, 0.15) is 5.75 Å². The zero-order chi connectivity index (χ0) is 28.7. The molecule has 0 aliphatic heterocycles. The van der Waals surface area contributed by atoms with Gasteiger partial charge in [0.2, 0.25) is 0 Å². The van der Waals surface area contributed by atoms with E-state index in [9.17, 15) is 18.0 Å². The van der Waals surface area contributed by atoms with Crippen molar-refractivity contribution in [2.45, 2.75) is 25.3 Å². The molecule has 4 aromatic rings. The number of nitrogens with zero attached hydrogens (tertiary/aromatic N) is 2. The first kappa shape index (κ1) is 28.5. The number of esters is 1. The molecular formula is C30H26ClN3O5S. The third-order valence-corrected chi connectivity index (χ3v) is 7.84. The average molecular weight is 576 g/mol. The van der Waals surface area contributed by atoms with Gasteiger partial charge in [-0.25, -0.2) is 13.8 Å². The number of amides is 1. The average Bonchev–Trinajstić information content (AvgIpc) is 2.94. The Morgan fingerprint density at radius 3 is 2.27 bits per heavy atom. The summed E-state index contributed by atoms with van der Waals surface area (Å²) in [6.45, 7) is 3.17. The van der Waals surface area contributed by atoms with Crippen LogP contribution in [0.1, 0.15) is 34.0 Å². The Kier molecular flexibility index (Phi) is 8.98. The molecule has 0 radical (unpaired) electrons. The van der Waals surface area contributed by atoms with Crippen molar-refractivity contribution in [3.8, 4) is 5.75 Å². The summed E-state index contributed by atoms with van der Waals surface area (Å²) in [7, 11) is -3.91. The second kappa shape index (κ2) is 12.6. The van der Waals surface area contributed by atoms with Crippen LogP contribution in [0, 0.1) is 6.92 Å². The maximum atomic E-state index is 13.7. The van der Waals surface area contributed by atoms with Gasteiger partial charge in [-0.2, -0.15) is 5.10 Å². The molecule has 0 saturated carbocycles. The largest absolute Gasteiger partial charge is 0.427 e. The van der Waals surface area contributed by atoms with Crippen molar-refractivity contribution >= 4 is 45.4 Å². The molecule has 0 aromatic heterocycles. The van der Waals surface area contributed by atoms with Gasteiger partial charge in [-0.15, -0.1) is 0 Å². The highest BCUT2D eigenvalue weighted by molar-refractivity contribution is 7.92. The number of hydrazone groups is 1. The van der Waals surface area contributed by atoms with E-state index in [2.05, 4.69) is 10.5 Å². The third-order valence-electron chi connectivity index (χ3n) is 5.83. The minimum absolute atomic E-state index is 0.0296. The zero-order valence-corrected chi connectivity index (χ0v) is 23.3. The van der Waals surface area contributed by atoms with Gasteiger partial charge >= 0.3 is 5.97 Å². The standard InChI is InChI=1S/C30H26ClN3O5S/c1-21-8-15-26(31)18-29(21)34(40(37,38)28-6-4-3-5-7-28)20-24-9-13-25(14-10-24)30(36)33-32-19-23-11-16-27(17-12-23)39-22(2)35/h3-19H,20H2,1-2H3,(H,33,36)/b32-19-. The number of carbonyl (C=O) groups excluding carboxylic acids is 2. The van der Waals surface area contributed by atoms with Gasteiger partial charge in [-0.1, -0.05) is 48.0 Å². The lowest BCUT2D eigenvalue weighted by atomic mass is 10.1. The first-order valence-electron chi connectivity index (χ1n) is 12.2. The van der Waals surface area contributed by atoms with Crippen LogP contribution in [0.4, 0.5) is 5.69 Å². The molecule has 0 aliphatic carbocycles. The Bertz CT molecular complexity index is 1640. The van der Waals surface area contributed by atoms with Gasteiger partial charge in [0.25, 0.3) is 15.9 Å². The Morgan fingerprint density at radius 2 is 1.62 bits per heavy atom. The lowest BCUT2D eigenvalue weighted by molar-refractivity contribution is -0.131. The van der Waals surface area contributed by atoms with E-state index in [1.807, 2.05) is 6.92 Å². The number of sulfonamides is 1. The second-order valence-electron chi connectivity index (χ2n) is 8.81. The highest BCUT2D eigenvalue weighted by Crippen LogP contribution is 2.31. The van der Waals surface area contributed by atoms with E-state index in [0.29, 0.717) is 33.1 Å². The Morgan fingerprint density at radius 1 is 0.950 bits per heavy atom. The molecule has 4 rings (SSSR count). The van der Waals surface area contributed by atoms with Crippen molar-refractivity contribution in [1.29, 1.82) is 0 Å². The van der Waals surface area contributed by atoms with E-state index in [0.717, 1.165) is 5.56 Å². The minimum Gasteiger partial charge on any atom is -0.427 e. The lowest BCUT2D eigenvalue weighted by Crippen LogP contribution is -2.31. The van der Waals surface area contributed by atoms with E-state index in [1.54, 1.807) is 97.1 Å². The molecule has 0 aliphatic rings. The summed E-state index contributed by atoms with van der Waals surface area (Å²) < 4.78 is 33.6. The predicted octanol–water partition coefficient (Wildman–Crippen LogP) is 5.73. The normalized spacial score (nSPS) is 11.3. The van der Waals surface area contributed by atoms with Crippen molar-refractivity contribution in [2.24, 2.45) is 5.10 Å². The number of carbonyl (C=O) groups is 2. The number of hydrogen-bond donors (Lipinski definition) is 1. The molecule has 0 saturated heterocycles. The quantitative estimate of drug-likeness (QED) is 0.119. The van der Waals surface area contributed by atoms with Crippen molar-refractivity contribution in [2.75, 3.05) is 4.31 Å². The van der Waals surface area contributed by atoms with Crippen LogP contribution >= 0.6 is 11.6 Å². The van der Waals surface area contributed by atoms with Gasteiger partial charge < -0.3 is 4.74 Å². The number of anilines is 1. The van der Waals surface area contributed by atoms with Gasteiger partial charge in [0.05, 0.1) is 23.3 Å². The topological polar surface area (TPSA) is 105 Å². The Labute approximate surface area is 237 Å². The second-order valence-corrected chi connectivity index (χ2v) is 11.1. The molecule has 1 amide bonds. The highest BCUT2D eigenvalue weighted by Gasteiger charge is 2.26. The van der Waals surface area contributed by atoms with Crippen LogP contribution in [0.15, 0.2) is 107 Å². The molecule has 1 N–H and O–H groups in total. The maximum Gasteiger partial charge on any atom is 0.308 e. The number of aryl methyl sites for hydroxylation is 1. The number of nitrogens with one attached hydrogen (secondary N) is 1. The number of rotatable bonds is 9. The van der Waals surface area contributed by atoms with Crippen molar-refractivity contribution in [3.05, 3.63) is 124 Å². The molecule has 0 bridgehead atoms. The van der Waals surface area contributed by atoms with Crippen LogP contribution in [0.3, 0.4) is 0 Å². The molecule has 204 valence electrons. The molecule has 40 heavy (non-hydrogen) atoms. The SMILES string of the molecule is CC(=O)Oc1ccc(/C=N\NC(=O)c2ccc(CN(c3cc(Cl)ccc3C)S(=O)(=O)c3ccccc3)cc2)cc1. The first-order chi connectivity index (χ1) is 19.1. The predicted molar refractivity (Wildman–Crippen MR) is 155 cm³/mol. The molecule has 0 atom stereocenters. The van der Waals surface area contributed by atoms with Crippen LogP contribution in [0.5, 0.6) is 5.75 Å². The maximum absolute atomic E-state index is 13.7. The highest BCUT2D eigenvalue weighted by atomic mass is 35.5. The number of halogens is 1. The molecule has 10 heteroatoms. The Balaban J connectivity index is 1.49. The Hall–Kier alpha value is -4.47. The molecule has 0 fully saturated rings. The summed E-state index contributed by atoms with van der Waals surface area (Å²) in [4.78, 5) is 23.8. The fourth-order valence-corrected chi connectivity index (χ4v) is 5.51. The van der Waals surface area contributed by atoms with Crippen molar-refractivity contribution < 1.29 is 22.7 Å². The monoisotopic (exact) mass is 575 g/mol. The van der Waals surface area contributed by atoms with Crippen LogP contribution < -0.4 is 14.5 Å². The molecular weight excluding hydrogens is 550 g/mol. The molecule has 0 spiro atoms. The third kappa shape index (κ3) is 7.13. The fourth-order valence-electron chi connectivity index (χ4n) is 3.82. The van der Waals surface area contributed by atoms with Crippen LogP contribution in [0.25, 0.3) is 0 Å². The van der Waals surface area contributed by atoms with Gasteiger partial charge in [-0.3, -0.25) is 13.9 Å². The summed E-state index contributed by atoms with van der Waals surface area (Å²) in [6.07, 6.45) is 1.46. The number of ether oxygens (including phenoxy) is 1. The summed E-state index contributed by atoms with van der Waals surface area (Å²) in [6, 6.07) is 26.5. The van der Waals surface area contributed by atoms with Gasteiger partial charge in [-0.05, 0) is 84.3 Å². The van der Waals surface area contributed by atoms with Crippen molar-refractivity contribution in [3.63, 3.8) is 0 Å². The van der Waals surface area contributed by atoms with Crippen LogP contribution in [-0.4, -0.2) is 26.5 Å². The van der Waals surface area contributed by atoms with Crippen LogP contribution in [-0.2, 0) is 21.4 Å². The van der Waals surface area contributed by atoms with Crippen molar-refractivity contribution in [1.82, 2.24) is 5.43 Å². The lowest BCUT2D eigenvalue weighted by Gasteiger charge is -2.26. The molecule has 4 aromatic carbocycles. The number of benzene rings is 4. The first-order valence-corrected chi connectivity index (χ1v) is 14.0. The van der Waals surface area contributed by atoms with Gasteiger partial charge in [0, 0.05) is 17.5 Å². The van der Waals surface area contributed by atoms with E-state index < -0.39 is 21.9 Å². The van der Waals surface area contributed by atoms with E-state index in [4.69, 9.17) is 16.3 Å². The van der Waals surface area contributed by atoms with E-state index in [-0.39, 0.29) is 11.4 Å². The summed E-state index contributed by atoms with van der Waals surface area (Å²) in [5.74, 6) is -0.432. The smallest absolute Gasteiger partial charge is 0.308 e. The summed E-state index contributed by atoms with van der Waals surface area (Å²) in [5, 5.41) is 4.39. The molecule has 0 unspecified atom stereocenters. The molecule has 8 nitrogen and oxygen atoms in total.